The molecule has 2 rings (SSSR count). The van der Waals surface area contributed by atoms with Gasteiger partial charge < -0.3 is 10.3 Å². The number of hydrogen-bond acceptors (Lipinski definition) is 1. The van der Waals surface area contributed by atoms with Gasteiger partial charge in [-0.25, -0.2) is 0 Å². The summed E-state index contributed by atoms with van der Waals surface area (Å²) in [4.78, 5) is 0. The molecule has 1 aromatic carbocycles. The molecule has 2 nitrogen and oxygen atoms in total. The van der Waals surface area contributed by atoms with Crippen molar-refractivity contribution in [3.8, 4) is 11.3 Å². The highest BCUT2D eigenvalue weighted by Gasteiger charge is 2.10. The van der Waals surface area contributed by atoms with Gasteiger partial charge in [-0.3, -0.25) is 0 Å². The van der Waals surface area contributed by atoms with E-state index in [-0.39, 0.29) is 0 Å². The Kier molecular flexibility index (Phi) is 3.06. The second kappa shape index (κ2) is 4.34. The second-order valence-corrected chi connectivity index (χ2v) is 5.03. The molecule has 0 aliphatic heterocycles. The van der Waals surface area contributed by atoms with Gasteiger partial charge in [0.1, 0.15) is 5.82 Å². The number of hydrogen-bond donors (Lipinski definition) is 1. The van der Waals surface area contributed by atoms with Crippen molar-refractivity contribution in [1.29, 1.82) is 0 Å². The summed E-state index contributed by atoms with van der Waals surface area (Å²) in [5.74, 6) is 0.810. The summed E-state index contributed by atoms with van der Waals surface area (Å²) < 4.78 is 3.22. The van der Waals surface area contributed by atoms with Crippen LogP contribution in [0.3, 0.4) is 0 Å². The third-order valence-electron chi connectivity index (χ3n) is 2.59. The summed E-state index contributed by atoms with van der Waals surface area (Å²) in [6, 6.07) is 12.6. The van der Waals surface area contributed by atoms with Crippen molar-refractivity contribution in [2.75, 3.05) is 5.73 Å². The highest BCUT2D eigenvalue weighted by Crippen LogP contribution is 2.29. The average Bonchev–Trinajstić information content (AvgIpc) is 2.60. The van der Waals surface area contributed by atoms with Gasteiger partial charge in [-0.15, -0.1) is 0 Å². The Morgan fingerprint density at radius 1 is 1.19 bits per heavy atom. The van der Waals surface area contributed by atoms with Crippen molar-refractivity contribution >= 4 is 21.7 Å². The monoisotopic (exact) mass is 278 g/mol. The minimum Gasteiger partial charge on any atom is -0.385 e. The van der Waals surface area contributed by atoms with Crippen LogP contribution in [0.25, 0.3) is 11.3 Å². The molecule has 0 spiro atoms. The first-order chi connectivity index (χ1) is 7.59. The van der Waals surface area contributed by atoms with Crippen LogP contribution in [0.2, 0.25) is 0 Å². The lowest BCUT2D eigenvalue weighted by Crippen LogP contribution is -2.06. The molecule has 0 aliphatic rings. The topological polar surface area (TPSA) is 30.9 Å². The standard InChI is InChI=1S/C13H15BrN2/c1-9(2)16-12(6-7-13(16)15)10-4-3-5-11(14)8-10/h3-9H,15H2,1-2H3. The van der Waals surface area contributed by atoms with Crippen LogP contribution in [-0.4, -0.2) is 4.57 Å². The average molecular weight is 279 g/mol. The van der Waals surface area contributed by atoms with Crippen LogP contribution in [0, 0.1) is 0 Å². The van der Waals surface area contributed by atoms with Crippen LogP contribution >= 0.6 is 15.9 Å². The van der Waals surface area contributed by atoms with E-state index in [1.165, 1.54) is 5.56 Å². The van der Waals surface area contributed by atoms with Gasteiger partial charge in [-0.05, 0) is 43.7 Å². The molecule has 2 N–H and O–H groups in total. The molecule has 0 fully saturated rings. The zero-order valence-corrected chi connectivity index (χ0v) is 11.0. The molecule has 0 bridgehead atoms. The predicted molar refractivity (Wildman–Crippen MR) is 72.4 cm³/mol. The Balaban J connectivity index is 2.56. The molecule has 3 heteroatoms. The van der Waals surface area contributed by atoms with Gasteiger partial charge in [0.25, 0.3) is 0 Å². The fraction of sp³-hybridized carbons (Fsp3) is 0.231. The van der Waals surface area contributed by atoms with E-state index in [2.05, 4.69) is 52.5 Å². The predicted octanol–water partition coefficient (Wildman–Crippen LogP) is 4.08. The lowest BCUT2D eigenvalue weighted by atomic mass is 10.1. The van der Waals surface area contributed by atoms with E-state index >= 15 is 0 Å². The summed E-state index contributed by atoms with van der Waals surface area (Å²) in [6.07, 6.45) is 0. The van der Waals surface area contributed by atoms with Crippen molar-refractivity contribution in [3.05, 3.63) is 40.9 Å². The van der Waals surface area contributed by atoms with Crippen LogP contribution in [0.1, 0.15) is 19.9 Å². The van der Waals surface area contributed by atoms with Crippen LogP contribution in [0.15, 0.2) is 40.9 Å². The number of aromatic nitrogens is 1. The van der Waals surface area contributed by atoms with Gasteiger partial charge in [0.05, 0.1) is 0 Å². The van der Waals surface area contributed by atoms with E-state index < -0.39 is 0 Å². The minimum absolute atomic E-state index is 0.365. The fourth-order valence-electron chi connectivity index (χ4n) is 1.92. The van der Waals surface area contributed by atoms with E-state index in [0.29, 0.717) is 6.04 Å². The van der Waals surface area contributed by atoms with Gasteiger partial charge in [-0.2, -0.15) is 0 Å². The molecule has 0 atom stereocenters. The SMILES string of the molecule is CC(C)n1c(N)ccc1-c1cccc(Br)c1. The first-order valence-electron chi connectivity index (χ1n) is 5.32. The third kappa shape index (κ3) is 2.00. The highest BCUT2D eigenvalue weighted by molar-refractivity contribution is 9.10. The van der Waals surface area contributed by atoms with Crippen LogP contribution in [0.5, 0.6) is 0 Å². The lowest BCUT2D eigenvalue weighted by molar-refractivity contribution is 0.618. The fourth-order valence-corrected chi connectivity index (χ4v) is 2.32. The number of anilines is 1. The van der Waals surface area contributed by atoms with E-state index in [1.807, 2.05) is 18.2 Å². The van der Waals surface area contributed by atoms with Crippen molar-refractivity contribution in [3.63, 3.8) is 0 Å². The summed E-state index contributed by atoms with van der Waals surface area (Å²) in [5, 5.41) is 0. The van der Waals surface area contributed by atoms with Gasteiger partial charge >= 0.3 is 0 Å². The smallest absolute Gasteiger partial charge is 0.103 e. The van der Waals surface area contributed by atoms with Crippen molar-refractivity contribution < 1.29 is 0 Å². The van der Waals surface area contributed by atoms with E-state index in [4.69, 9.17) is 5.73 Å². The Morgan fingerprint density at radius 3 is 2.56 bits per heavy atom. The molecule has 0 saturated heterocycles. The molecule has 0 aliphatic carbocycles. The van der Waals surface area contributed by atoms with E-state index in [9.17, 15) is 0 Å². The van der Waals surface area contributed by atoms with Crippen molar-refractivity contribution in [2.45, 2.75) is 19.9 Å². The lowest BCUT2D eigenvalue weighted by Gasteiger charge is -2.15. The molecule has 84 valence electrons. The van der Waals surface area contributed by atoms with E-state index in [0.717, 1.165) is 16.0 Å². The maximum atomic E-state index is 5.97. The normalized spacial score (nSPS) is 11.0. The molecular weight excluding hydrogens is 264 g/mol. The largest absolute Gasteiger partial charge is 0.385 e. The zero-order valence-electron chi connectivity index (χ0n) is 9.44. The van der Waals surface area contributed by atoms with Crippen LogP contribution in [0.4, 0.5) is 5.82 Å². The molecule has 0 saturated carbocycles. The maximum Gasteiger partial charge on any atom is 0.103 e. The van der Waals surface area contributed by atoms with Gasteiger partial charge in [0, 0.05) is 16.2 Å². The summed E-state index contributed by atoms with van der Waals surface area (Å²) in [6.45, 7) is 4.27. The maximum absolute atomic E-state index is 5.97. The molecule has 0 amide bonds. The molecule has 0 radical (unpaired) electrons. The number of nitrogen functional groups attached to an aromatic ring is 1. The molecule has 1 heterocycles. The summed E-state index contributed by atoms with van der Waals surface area (Å²) in [7, 11) is 0. The minimum atomic E-state index is 0.365. The summed E-state index contributed by atoms with van der Waals surface area (Å²) >= 11 is 3.49. The number of benzene rings is 1. The third-order valence-corrected chi connectivity index (χ3v) is 3.08. The number of rotatable bonds is 2. The molecule has 1 aromatic heterocycles. The second-order valence-electron chi connectivity index (χ2n) is 4.12. The molecule has 2 aromatic rings. The van der Waals surface area contributed by atoms with Gasteiger partial charge in [0.15, 0.2) is 0 Å². The first-order valence-corrected chi connectivity index (χ1v) is 6.11. The van der Waals surface area contributed by atoms with Crippen molar-refractivity contribution in [1.82, 2.24) is 4.57 Å². The molecule has 16 heavy (non-hydrogen) atoms. The molecule has 0 unspecified atom stereocenters. The number of halogens is 1. The number of nitrogens with two attached hydrogens (primary N) is 1. The van der Waals surface area contributed by atoms with Gasteiger partial charge in [0.2, 0.25) is 0 Å². The zero-order chi connectivity index (χ0) is 11.7. The van der Waals surface area contributed by atoms with Gasteiger partial charge in [-0.1, -0.05) is 28.1 Å². The van der Waals surface area contributed by atoms with Crippen LogP contribution < -0.4 is 5.73 Å². The van der Waals surface area contributed by atoms with E-state index in [1.54, 1.807) is 0 Å². The summed E-state index contributed by atoms with van der Waals surface area (Å²) in [5.41, 5.74) is 8.31. The Labute approximate surface area is 104 Å². The van der Waals surface area contributed by atoms with Crippen LogP contribution in [-0.2, 0) is 0 Å². The Hall–Kier alpha value is -1.22. The first kappa shape index (κ1) is 11.3. The Bertz CT molecular complexity index is 500. The molecular formula is C13H15BrN2. The number of nitrogens with zero attached hydrogens (tertiary/aromatic N) is 1. The van der Waals surface area contributed by atoms with Crippen molar-refractivity contribution in [2.24, 2.45) is 0 Å². The Morgan fingerprint density at radius 2 is 1.94 bits per heavy atom. The highest BCUT2D eigenvalue weighted by atomic mass is 79.9. The quantitative estimate of drug-likeness (QED) is 0.882.